The molecule has 0 saturated carbocycles. The van der Waals surface area contributed by atoms with Crippen LogP contribution in [0.4, 0.5) is 0 Å². The molecule has 2 heterocycles. The molecule has 1 saturated heterocycles. The van der Waals surface area contributed by atoms with Crippen LogP contribution in [-0.4, -0.2) is 60.0 Å². The lowest BCUT2D eigenvalue weighted by atomic mass is 10.0. The number of aromatic carboxylic acids is 1. The first-order valence-electron chi connectivity index (χ1n) is 8.11. The third-order valence-electron chi connectivity index (χ3n) is 4.30. The van der Waals surface area contributed by atoms with Crippen molar-refractivity contribution in [3.8, 4) is 0 Å². The Labute approximate surface area is 147 Å². The number of hydrogen-bond acceptors (Lipinski definition) is 5. The molecule has 0 aromatic carbocycles. The molecule has 25 heavy (non-hydrogen) atoms. The van der Waals surface area contributed by atoms with Crippen molar-refractivity contribution < 1.29 is 27.5 Å². The highest BCUT2D eigenvalue weighted by atomic mass is 32.2. The van der Waals surface area contributed by atoms with Gasteiger partial charge in [0, 0.05) is 13.6 Å². The summed E-state index contributed by atoms with van der Waals surface area (Å²) >= 11 is 0. The predicted octanol–water partition coefficient (Wildman–Crippen LogP) is 1.30. The third-order valence-corrected chi connectivity index (χ3v) is 6.23. The molecule has 1 aromatic rings. The zero-order valence-electron chi connectivity index (χ0n) is 14.9. The van der Waals surface area contributed by atoms with Crippen molar-refractivity contribution in [3.63, 3.8) is 0 Å². The van der Waals surface area contributed by atoms with Gasteiger partial charge >= 0.3 is 5.97 Å². The van der Waals surface area contributed by atoms with E-state index in [1.807, 2.05) is 13.8 Å². The number of carbonyl (C=O) groups excluding carboxylic acids is 1. The second-order valence-corrected chi connectivity index (χ2v) is 8.69. The molecule has 0 radical (unpaired) electrons. The van der Waals surface area contributed by atoms with Gasteiger partial charge in [-0.25, -0.2) is 13.2 Å². The van der Waals surface area contributed by atoms with Crippen LogP contribution in [0, 0.1) is 12.8 Å². The Morgan fingerprint density at radius 2 is 2.04 bits per heavy atom. The zero-order chi connectivity index (χ0) is 18.9. The molecule has 1 aliphatic rings. The first kappa shape index (κ1) is 19.5. The van der Waals surface area contributed by atoms with Crippen molar-refractivity contribution >= 4 is 21.9 Å². The second-order valence-electron chi connectivity index (χ2n) is 6.65. The van der Waals surface area contributed by atoms with Crippen LogP contribution in [0.15, 0.2) is 10.5 Å². The monoisotopic (exact) mass is 372 g/mol. The average Bonchev–Trinajstić information content (AvgIpc) is 3.01. The van der Waals surface area contributed by atoms with E-state index in [0.717, 1.165) is 0 Å². The minimum absolute atomic E-state index is 0.0541. The Kier molecular flexibility index (Phi) is 5.58. The van der Waals surface area contributed by atoms with E-state index < -0.39 is 22.0 Å². The van der Waals surface area contributed by atoms with Gasteiger partial charge in [0.1, 0.15) is 23.1 Å². The van der Waals surface area contributed by atoms with Crippen LogP contribution in [0.25, 0.3) is 0 Å². The molecule has 1 aliphatic heterocycles. The smallest absolute Gasteiger partial charge is 0.339 e. The molecule has 0 aliphatic carbocycles. The second kappa shape index (κ2) is 7.17. The Hall–Kier alpha value is -1.87. The summed E-state index contributed by atoms with van der Waals surface area (Å²) in [6.07, 6.45) is 0.516. The van der Waals surface area contributed by atoms with Crippen LogP contribution < -0.4 is 0 Å². The number of aryl methyl sites for hydroxylation is 1. The fourth-order valence-electron chi connectivity index (χ4n) is 3.08. The maximum absolute atomic E-state index is 12.9. The summed E-state index contributed by atoms with van der Waals surface area (Å²) < 4.78 is 31.1. The van der Waals surface area contributed by atoms with Crippen molar-refractivity contribution in [1.29, 1.82) is 0 Å². The number of likely N-dealkylation sites (N-methyl/N-ethyl adjacent to an activating group) is 1. The number of carbonyl (C=O) groups is 2. The SMILES string of the molecule is Cc1oc(CN(C)C(=O)C(C(C)C)N2CCCS2(=O)=O)cc1C(=O)O. The molecule has 140 valence electrons. The van der Waals surface area contributed by atoms with E-state index in [4.69, 9.17) is 9.52 Å². The van der Waals surface area contributed by atoms with E-state index in [-0.39, 0.29) is 35.4 Å². The quantitative estimate of drug-likeness (QED) is 0.806. The summed E-state index contributed by atoms with van der Waals surface area (Å²) in [6, 6.07) is 0.616. The lowest BCUT2D eigenvalue weighted by molar-refractivity contribution is -0.136. The van der Waals surface area contributed by atoms with Gasteiger partial charge in [0.15, 0.2) is 0 Å². The van der Waals surface area contributed by atoms with Crippen molar-refractivity contribution in [3.05, 3.63) is 23.2 Å². The van der Waals surface area contributed by atoms with Crippen molar-refractivity contribution in [2.45, 2.75) is 39.8 Å². The highest BCUT2D eigenvalue weighted by Crippen LogP contribution is 2.24. The molecule has 8 nitrogen and oxygen atoms in total. The molecule has 0 bridgehead atoms. The van der Waals surface area contributed by atoms with E-state index in [2.05, 4.69) is 0 Å². The van der Waals surface area contributed by atoms with E-state index in [0.29, 0.717) is 18.7 Å². The molecule has 1 atom stereocenters. The van der Waals surface area contributed by atoms with Crippen LogP contribution >= 0.6 is 0 Å². The van der Waals surface area contributed by atoms with Gasteiger partial charge < -0.3 is 14.4 Å². The summed E-state index contributed by atoms with van der Waals surface area (Å²) in [5.74, 6) is -0.928. The Balaban J connectivity index is 2.19. The number of carboxylic acid groups (broad SMARTS) is 1. The van der Waals surface area contributed by atoms with Crippen molar-refractivity contribution in [2.75, 3.05) is 19.3 Å². The molecule has 0 spiro atoms. The molecule has 1 N–H and O–H groups in total. The molecule has 9 heteroatoms. The number of furan rings is 1. The Morgan fingerprint density at radius 1 is 1.40 bits per heavy atom. The lowest BCUT2D eigenvalue weighted by Gasteiger charge is -2.31. The first-order chi connectivity index (χ1) is 11.5. The number of rotatable bonds is 6. The Bertz CT molecular complexity index is 768. The lowest BCUT2D eigenvalue weighted by Crippen LogP contribution is -2.50. The number of carboxylic acids is 1. The fraction of sp³-hybridized carbons (Fsp3) is 0.625. The minimum Gasteiger partial charge on any atom is -0.478 e. The van der Waals surface area contributed by atoms with Gasteiger partial charge in [0.25, 0.3) is 0 Å². The van der Waals surface area contributed by atoms with E-state index in [9.17, 15) is 18.0 Å². The molecular weight excluding hydrogens is 348 g/mol. The molecule has 1 fully saturated rings. The summed E-state index contributed by atoms with van der Waals surface area (Å²) in [5, 5.41) is 9.07. The zero-order valence-corrected chi connectivity index (χ0v) is 15.7. The number of nitrogens with zero attached hydrogens (tertiary/aromatic N) is 2. The summed E-state index contributed by atoms with van der Waals surface area (Å²) in [4.78, 5) is 25.3. The van der Waals surface area contributed by atoms with Crippen molar-refractivity contribution in [2.24, 2.45) is 5.92 Å². The maximum atomic E-state index is 12.9. The van der Waals surface area contributed by atoms with Crippen LogP contribution in [0.3, 0.4) is 0 Å². The summed E-state index contributed by atoms with van der Waals surface area (Å²) in [5.41, 5.74) is 0.0541. The molecule has 2 rings (SSSR count). The van der Waals surface area contributed by atoms with E-state index >= 15 is 0 Å². The van der Waals surface area contributed by atoms with E-state index in [1.165, 1.54) is 15.3 Å². The maximum Gasteiger partial charge on any atom is 0.339 e. The fourth-order valence-corrected chi connectivity index (χ4v) is 4.90. The molecular formula is C16H24N2O6S. The van der Waals surface area contributed by atoms with E-state index in [1.54, 1.807) is 14.0 Å². The van der Waals surface area contributed by atoms with Gasteiger partial charge in [-0.3, -0.25) is 4.79 Å². The normalized spacial score (nSPS) is 18.4. The largest absolute Gasteiger partial charge is 0.478 e. The van der Waals surface area contributed by atoms with Gasteiger partial charge in [-0.2, -0.15) is 4.31 Å². The van der Waals surface area contributed by atoms with Gasteiger partial charge in [0.05, 0.1) is 12.3 Å². The van der Waals surface area contributed by atoms with Crippen LogP contribution in [-0.2, 0) is 21.4 Å². The molecule has 1 unspecified atom stereocenters. The van der Waals surface area contributed by atoms with Gasteiger partial charge in [-0.05, 0) is 25.3 Å². The number of hydrogen-bond donors (Lipinski definition) is 1. The molecule has 1 amide bonds. The average molecular weight is 372 g/mol. The van der Waals surface area contributed by atoms with Crippen molar-refractivity contribution in [1.82, 2.24) is 9.21 Å². The van der Waals surface area contributed by atoms with Crippen LogP contribution in [0.5, 0.6) is 0 Å². The third kappa shape index (κ3) is 4.04. The summed E-state index contributed by atoms with van der Waals surface area (Å²) in [6.45, 7) is 5.58. The minimum atomic E-state index is -3.41. The molecule has 1 aromatic heterocycles. The van der Waals surface area contributed by atoms with Gasteiger partial charge in [-0.15, -0.1) is 0 Å². The standard InChI is InChI=1S/C16H24N2O6S/c1-10(2)14(18-6-5-7-25(18,22)23)15(19)17(4)9-12-8-13(16(20)21)11(3)24-12/h8,10,14H,5-7,9H2,1-4H3,(H,20,21). The summed E-state index contributed by atoms with van der Waals surface area (Å²) in [7, 11) is -1.86. The first-order valence-corrected chi connectivity index (χ1v) is 9.72. The van der Waals surface area contributed by atoms with Crippen LogP contribution in [0.2, 0.25) is 0 Å². The number of sulfonamides is 1. The number of amides is 1. The topological polar surface area (TPSA) is 108 Å². The van der Waals surface area contributed by atoms with Gasteiger partial charge in [-0.1, -0.05) is 13.8 Å². The van der Waals surface area contributed by atoms with Gasteiger partial charge in [0.2, 0.25) is 15.9 Å². The predicted molar refractivity (Wildman–Crippen MR) is 90.6 cm³/mol. The highest BCUT2D eigenvalue weighted by molar-refractivity contribution is 7.89. The van der Waals surface area contributed by atoms with Crippen LogP contribution in [0.1, 0.15) is 42.1 Å². The highest BCUT2D eigenvalue weighted by Gasteiger charge is 2.41. The Morgan fingerprint density at radius 3 is 2.48 bits per heavy atom.